The highest BCUT2D eigenvalue weighted by Gasteiger charge is 2.21. The van der Waals surface area contributed by atoms with Gasteiger partial charge in [0, 0.05) is 72.7 Å². The summed E-state index contributed by atoms with van der Waals surface area (Å²) in [6.07, 6.45) is 3.81. The van der Waals surface area contributed by atoms with Crippen molar-refractivity contribution < 1.29 is 0 Å². The molecule has 0 saturated heterocycles. The Labute approximate surface area is 774 Å². The molecule has 0 aliphatic carbocycles. The molecule has 0 radical (unpaired) electrons. The van der Waals surface area contributed by atoms with Gasteiger partial charge >= 0.3 is 0 Å². The van der Waals surface area contributed by atoms with Crippen LogP contribution in [0.25, 0.3) is 254 Å². The molecule has 0 atom stereocenters. The lowest BCUT2D eigenvalue weighted by Gasteiger charge is -2.15. The molecule has 26 rings (SSSR count). The van der Waals surface area contributed by atoms with E-state index in [2.05, 4.69) is 436 Å². The van der Waals surface area contributed by atoms with Crippen LogP contribution in [0.2, 0.25) is 0 Å². The van der Waals surface area contributed by atoms with Gasteiger partial charge in [-0.2, -0.15) is 0 Å². The van der Waals surface area contributed by atoms with Crippen molar-refractivity contribution in [2.24, 2.45) is 0 Å². The predicted octanol–water partition coefficient (Wildman–Crippen LogP) is 33.5. The summed E-state index contributed by atoms with van der Waals surface area (Å²) in [6.45, 7) is 0. The van der Waals surface area contributed by atoms with Crippen molar-refractivity contribution >= 4 is 119 Å². The van der Waals surface area contributed by atoms with Gasteiger partial charge in [0.2, 0.25) is 0 Å². The van der Waals surface area contributed by atoms with Gasteiger partial charge in [-0.25, -0.2) is 24.9 Å². The third-order valence-electron chi connectivity index (χ3n) is 26.1. The second-order valence-corrected chi connectivity index (χ2v) is 34.1. The molecular weight excluding hydrogens is 1620 g/mol. The first-order valence-electron chi connectivity index (χ1n) is 45.4. The fraction of sp³-hybridized carbons (Fsp3) is 0. The van der Waals surface area contributed by atoms with Crippen LogP contribution in [0.1, 0.15) is 0 Å². The van der Waals surface area contributed by atoms with E-state index in [4.69, 9.17) is 29.9 Å². The summed E-state index contributed by atoms with van der Waals surface area (Å²) < 4.78 is 0. The number of fused-ring (bicyclic) bond motifs is 11. The van der Waals surface area contributed by atoms with Gasteiger partial charge in [0.05, 0.1) is 67.4 Å². The van der Waals surface area contributed by atoms with Gasteiger partial charge in [0.25, 0.3) is 0 Å². The molecule has 0 spiro atoms. The molecule has 19 aromatic carbocycles. The van der Waals surface area contributed by atoms with Gasteiger partial charge in [-0.05, 0) is 229 Å². The molecule has 0 aliphatic heterocycles. The van der Waals surface area contributed by atoms with E-state index in [-0.39, 0.29) is 0 Å². The smallest absolute Gasteiger partial charge is 0.0893 e. The summed E-state index contributed by atoms with van der Waals surface area (Å²) in [5.74, 6) is 0. The Bertz CT molecular complexity index is 9050. The van der Waals surface area contributed by atoms with E-state index in [1.165, 1.54) is 92.5 Å². The highest BCUT2D eigenvalue weighted by molar-refractivity contribution is 6.10. The zero-order valence-corrected chi connectivity index (χ0v) is 72.9. The van der Waals surface area contributed by atoms with Crippen molar-refractivity contribution in [3.63, 3.8) is 0 Å². The van der Waals surface area contributed by atoms with Crippen LogP contribution in [0.4, 0.5) is 0 Å². The van der Waals surface area contributed by atoms with Gasteiger partial charge in [-0.1, -0.05) is 376 Å². The molecule has 0 unspecified atom stereocenters. The van der Waals surface area contributed by atoms with Gasteiger partial charge in [0.1, 0.15) is 0 Å². The summed E-state index contributed by atoms with van der Waals surface area (Å²) in [5, 5.41) is 20.3. The minimum atomic E-state index is 0.846. The number of nitrogens with zero attached hydrogens (tertiary/aromatic N) is 7. The lowest BCUT2D eigenvalue weighted by molar-refractivity contribution is 1.28. The van der Waals surface area contributed by atoms with Gasteiger partial charge in [0.15, 0.2) is 0 Å². The Balaban J connectivity index is 0.000000111. The highest BCUT2D eigenvalue weighted by atomic mass is 14.8. The van der Waals surface area contributed by atoms with Crippen molar-refractivity contribution in [2.75, 3.05) is 0 Å². The highest BCUT2D eigenvalue weighted by Crippen LogP contribution is 2.45. The molecule has 7 heterocycles. The summed E-state index contributed by atoms with van der Waals surface area (Å²) in [5.41, 5.74) is 30.9. The van der Waals surface area contributed by atoms with Crippen LogP contribution in [0.15, 0.2) is 492 Å². The molecule has 0 fully saturated rings. The second kappa shape index (κ2) is 34.6. The lowest BCUT2D eigenvalue weighted by Crippen LogP contribution is -1.93. The van der Waals surface area contributed by atoms with E-state index in [1.807, 2.05) is 60.9 Å². The van der Waals surface area contributed by atoms with E-state index >= 15 is 0 Å². The number of para-hydroxylation sites is 2. The number of aromatic nitrogens is 7. The molecule has 624 valence electrons. The monoisotopic (exact) mass is 1700 g/mol. The number of pyridine rings is 7. The zero-order valence-electron chi connectivity index (χ0n) is 72.9. The molecule has 7 aromatic heterocycles. The largest absolute Gasteiger partial charge is 0.256 e. The fourth-order valence-electron chi connectivity index (χ4n) is 19.4. The predicted molar refractivity (Wildman–Crippen MR) is 562 cm³/mol. The van der Waals surface area contributed by atoms with E-state index in [0.717, 1.165) is 161 Å². The maximum Gasteiger partial charge on any atom is 0.0893 e. The van der Waals surface area contributed by atoms with Crippen LogP contribution in [0, 0.1) is 0 Å². The quantitative estimate of drug-likeness (QED) is 0.120. The second-order valence-electron chi connectivity index (χ2n) is 34.1. The molecule has 0 bridgehead atoms. The number of hydrogen-bond acceptors (Lipinski definition) is 7. The molecule has 0 N–H and O–H groups in total. The van der Waals surface area contributed by atoms with Crippen molar-refractivity contribution in [1.29, 1.82) is 0 Å². The number of rotatable bonds is 12. The van der Waals surface area contributed by atoms with Crippen molar-refractivity contribution in [3.05, 3.63) is 492 Å². The average Bonchev–Trinajstić information content (AvgIpc) is 0.758. The first kappa shape index (κ1) is 79.5. The minimum absolute atomic E-state index is 0.846. The fourth-order valence-corrected chi connectivity index (χ4v) is 19.4. The van der Waals surface area contributed by atoms with Crippen molar-refractivity contribution in [3.8, 4) is 134 Å². The van der Waals surface area contributed by atoms with E-state index in [9.17, 15) is 0 Å². The SMILES string of the molecule is c1cc(-c2ccc3ccccc3n2)cc(-c2cc(-c3cccc4ccccc34)nc3ccc(-c4cccc5ccccc45)cc23)c1.c1ccc(-c2ccc(-c3cc(-c4cccc5ccccc45)nc4ccc(-c5cccc6ccccc56)cc34)cc2)nc1.c1ccc2nc(-c3ccc(-c4cc(-c5cccc6ccccc56)nc5ccc(-c6cccc7ccccc67)cc45)cn3)ccc2c1. The van der Waals surface area contributed by atoms with Crippen molar-refractivity contribution in [2.45, 2.75) is 0 Å². The van der Waals surface area contributed by atoms with E-state index in [1.54, 1.807) is 0 Å². The average molecular weight is 1710 g/mol. The van der Waals surface area contributed by atoms with Crippen LogP contribution in [0.3, 0.4) is 0 Å². The first-order chi connectivity index (χ1) is 66.4. The Hall–Kier alpha value is -17.9. The summed E-state index contributed by atoms with van der Waals surface area (Å²) >= 11 is 0. The summed E-state index contributed by atoms with van der Waals surface area (Å²) in [7, 11) is 0. The van der Waals surface area contributed by atoms with Crippen LogP contribution in [-0.4, -0.2) is 34.9 Å². The number of hydrogen-bond donors (Lipinski definition) is 0. The molecule has 26 aromatic rings. The topological polar surface area (TPSA) is 90.2 Å². The molecule has 0 aliphatic rings. The molecule has 7 heteroatoms. The van der Waals surface area contributed by atoms with Crippen LogP contribution in [-0.2, 0) is 0 Å². The minimum Gasteiger partial charge on any atom is -0.256 e. The molecule has 0 amide bonds. The number of benzene rings is 19. The Morgan fingerprint density at radius 1 is 0.119 bits per heavy atom. The maximum absolute atomic E-state index is 5.28. The third kappa shape index (κ3) is 15.3. The summed E-state index contributed by atoms with van der Waals surface area (Å²) in [4.78, 5) is 35.1. The van der Waals surface area contributed by atoms with Crippen molar-refractivity contribution in [1.82, 2.24) is 34.9 Å². The molecule has 7 nitrogen and oxygen atoms in total. The molecular formula is C127H81N7. The third-order valence-corrected chi connectivity index (χ3v) is 26.1. The zero-order chi connectivity index (χ0) is 88.8. The van der Waals surface area contributed by atoms with Gasteiger partial charge in [-0.15, -0.1) is 0 Å². The van der Waals surface area contributed by atoms with Crippen LogP contribution < -0.4 is 0 Å². The molecule has 134 heavy (non-hydrogen) atoms. The normalized spacial score (nSPS) is 11.4. The van der Waals surface area contributed by atoms with Crippen LogP contribution in [0.5, 0.6) is 0 Å². The van der Waals surface area contributed by atoms with E-state index < -0.39 is 0 Å². The Kier molecular flexibility index (Phi) is 20.5. The lowest BCUT2D eigenvalue weighted by atomic mass is 9.92. The standard InChI is InChI=1S/C44H28N2.C43H27N3.C40H26N2/c1-4-17-35-29(10-1)13-8-19-37(35)33-23-25-43-40(27-33)39(28-44(46-43)38-20-9-14-30-11-2-5-18-36(30)38)32-15-7-16-34(26-32)42-24-22-31-12-3-6-21-41(31)45-42;1-4-14-33-28(9-1)12-7-16-35(33)31-20-22-40-38(25-31)37(26-43(46-40)36-17-8-13-29-10-2-5-15-34(29)36)32-21-23-41(44-27-32)42-24-19-30-11-3-6-18-39(30)45-42;1-3-13-32-27(9-1)11-7-15-34(32)31-22-23-39-37(25-31)36(29-18-20-30(21-19-29)38-17-5-6-24-41-38)26-40(42-39)35-16-8-12-28-10-2-4-14-33(28)35/h1-28H;1-27H;1-26H. The Morgan fingerprint density at radius 3 is 0.828 bits per heavy atom. The molecule has 0 saturated carbocycles. The Morgan fingerprint density at radius 2 is 0.418 bits per heavy atom. The van der Waals surface area contributed by atoms with Crippen LogP contribution >= 0.6 is 0 Å². The maximum atomic E-state index is 5.28. The van der Waals surface area contributed by atoms with Gasteiger partial charge < -0.3 is 0 Å². The first-order valence-corrected chi connectivity index (χ1v) is 45.4. The summed E-state index contributed by atoms with van der Waals surface area (Å²) in [6, 6.07) is 170. The van der Waals surface area contributed by atoms with E-state index in [0.29, 0.717) is 0 Å². The van der Waals surface area contributed by atoms with Gasteiger partial charge in [-0.3, -0.25) is 9.97 Å².